The minimum Gasteiger partial charge on any atom is -0.346 e. The SMILES string of the molecule is CCOP(O)c1cc(C#N)cc(C(C)C)c1. The zero-order chi connectivity index (χ0) is 12.1. The van der Waals surface area contributed by atoms with Crippen LogP contribution in [0.5, 0.6) is 0 Å². The van der Waals surface area contributed by atoms with Crippen LogP contribution in [0.4, 0.5) is 0 Å². The van der Waals surface area contributed by atoms with Crippen LogP contribution in [0.15, 0.2) is 18.2 Å². The van der Waals surface area contributed by atoms with E-state index in [1.54, 1.807) is 6.07 Å². The Morgan fingerprint density at radius 2 is 2.12 bits per heavy atom. The monoisotopic (exact) mass is 237 g/mol. The highest BCUT2D eigenvalue weighted by molar-refractivity contribution is 7.55. The van der Waals surface area contributed by atoms with Gasteiger partial charge < -0.3 is 9.42 Å². The van der Waals surface area contributed by atoms with E-state index in [9.17, 15) is 4.89 Å². The maximum absolute atomic E-state index is 9.78. The van der Waals surface area contributed by atoms with Gasteiger partial charge in [0.2, 0.25) is 8.38 Å². The average Bonchev–Trinajstić information content (AvgIpc) is 2.28. The molecule has 1 aromatic carbocycles. The van der Waals surface area contributed by atoms with Gasteiger partial charge in [-0.1, -0.05) is 13.8 Å². The number of nitriles is 1. The summed E-state index contributed by atoms with van der Waals surface area (Å²) in [5, 5.41) is 9.62. The molecule has 1 N–H and O–H groups in total. The van der Waals surface area contributed by atoms with Crippen molar-refractivity contribution in [1.82, 2.24) is 0 Å². The third-order valence-corrected chi connectivity index (χ3v) is 3.41. The highest BCUT2D eigenvalue weighted by atomic mass is 31.2. The number of hydrogen-bond acceptors (Lipinski definition) is 3. The van der Waals surface area contributed by atoms with Crippen molar-refractivity contribution in [1.29, 1.82) is 5.26 Å². The van der Waals surface area contributed by atoms with E-state index in [1.165, 1.54) is 0 Å². The van der Waals surface area contributed by atoms with E-state index >= 15 is 0 Å². The topological polar surface area (TPSA) is 53.2 Å². The van der Waals surface area contributed by atoms with E-state index in [0.717, 1.165) is 5.56 Å². The second kappa shape index (κ2) is 5.96. The van der Waals surface area contributed by atoms with Gasteiger partial charge in [0.25, 0.3) is 0 Å². The van der Waals surface area contributed by atoms with Crippen molar-refractivity contribution in [3.63, 3.8) is 0 Å². The van der Waals surface area contributed by atoms with E-state index in [4.69, 9.17) is 9.79 Å². The van der Waals surface area contributed by atoms with Crippen LogP contribution >= 0.6 is 8.38 Å². The molecule has 0 amide bonds. The zero-order valence-corrected chi connectivity index (χ0v) is 10.7. The average molecular weight is 237 g/mol. The zero-order valence-electron chi connectivity index (χ0n) is 9.77. The molecule has 86 valence electrons. The molecule has 0 saturated carbocycles. The number of benzene rings is 1. The Kier molecular flexibility index (Phi) is 4.89. The highest BCUT2D eigenvalue weighted by Crippen LogP contribution is 2.31. The van der Waals surface area contributed by atoms with Gasteiger partial charge in [0.15, 0.2) is 0 Å². The van der Waals surface area contributed by atoms with Crippen LogP contribution in [0.25, 0.3) is 0 Å². The fourth-order valence-corrected chi connectivity index (χ4v) is 2.24. The Balaban J connectivity index is 3.10. The second-order valence-electron chi connectivity index (χ2n) is 3.77. The van der Waals surface area contributed by atoms with Crippen LogP contribution in [0.1, 0.15) is 37.8 Å². The van der Waals surface area contributed by atoms with E-state index in [1.807, 2.05) is 19.1 Å². The molecule has 1 atom stereocenters. The lowest BCUT2D eigenvalue weighted by molar-refractivity contribution is 0.337. The van der Waals surface area contributed by atoms with Gasteiger partial charge in [-0.3, -0.25) is 0 Å². The van der Waals surface area contributed by atoms with Crippen LogP contribution in [-0.2, 0) is 4.52 Å². The summed E-state index contributed by atoms with van der Waals surface area (Å²) in [6, 6.07) is 7.55. The predicted molar refractivity (Wildman–Crippen MR) is 65.6 cm³/mol. The standard InChI is InChI=1S/C12H16NO2P/c1-4-15-16(14)12-6-10(8-13)5-11(7-12)9(2)3/h5-7,9,14H,4H2,1-3H3. The van der Waals surface area contributed by atoms with E-state index in [0.29, 0.717) is 23.4 Å². The van der Waals surface area contributed by atoms with Crippen LogP contribution in [-0.4, -0.2) is 11.5 Å². The normalized spacial score (nSPS) is 12.5. The molecule has 0 bridgehead atoms. The Morgan fingerprint density at radius 3 is 2.62 bits per heavy atom. The van der Waals surface area contributed by atoms with Crippen molar-refractivity contribution < 1.29 is 9.42 Å². The van der Waals surface area contributed by atoms with Gasteiger partial charge in [-0.2, -0.15) is 5.26 Å². The lowest BCUT2D eigenvalue weighted by Crippen LogP contribution is -2.06. The maximum atomic E-state index is 9.78. The Morgan fingerprint density at radius 1 is 1.44 bits per heavy atom. The van der Waals surface area contributed by atoms with Crippen molar-refractivity contribution in [3.05, 3.63) is 29.3 Å². The first-order chi connectivity index (χ1) is 7.58. The Bertz CT molecular complexity index is 398. The molecule has 16 heavy (non-hydrogen) atoms. The largest absolute Gasteiger partial charge is 0.346 e. The Hall–Kier alpha value is -0.940. The second-order valence-corrected chi connectivity index (χ2v) is 5.09. The molecule has 1 aromatic rings. The van der Waals surface area contributed by atoms with Gasteiger partial charge in [0.1, 0.15) is 0 Å². The van der Waals surface area contributed by atoms with Crippen molar-refractivity contribution in [2.75, 3.05) is 6.61 Å². The third-order valence-electron chi connectivity index (χ3n) is 2.21. The van der Waals surface area contributed by atoms with Crippen LogP contribution < -0.4 is 5.30 Å². The maximum Gasteiger partial charge on any atom is 0.202 e. The quantitative estimate of drug-likeness (QED) is 0.819. The molecule has 0 aliphatic rings. The minimum absolute atomic E-state index is 0.331. The van der Waals surface area contributed by atoms with Crippen LogP contribution in [0, 0.1) is 11.3 Å². The summed E-state index contributed by atoms with van der Waals surface area (Å²) in [7, 11) is -1.59. The smallest absolute Gasteiger partial charge is 0.202 e. The van der Waals surface area contributed by atoms with Gasteiger partial charge in [-0.05, 0) is 36.6 Å². The van der Waals surface area contributed by atoms with Gasteiger partial charge in [-0.15, -0.1) is 0 Å². The fraction of sp³-hybridized carbons (Fsp3) is 0.417. The summed E-state index contributed by atoms with van der Waals surface area (Å²) in [6.45, 7) is 6.42. The molecular formula is C12H16NO2P. The fourth-order valence-electron chi connectivity index (χ4n) is 1.34. The van der Waals surface area contributed by atoms with Crippen molar-refractivity contribution in [3.8, 4) is 6.07 Å². The molecule has 0 aliphatic heterocycles. The molecule has 1 unspecified atom stereocenters. The summed E-state index contributed by atoms with van der Waals surface area (Å²) < 4.78 is 5.17. The highest BCUT2D eigenvalue weighted by Gasteiger charge is 2.12. The lowest BCUT2D eigenvalue weighted by Gasteiger charge is -2.13. The van der Waals surface area contributed by atoms with Gasteiger partial charge in [0.05, 0.1) is 18.2 Å². The molecule has 0 aliphatic carbocycles. The summed E-state index contributed by atoms with van der Waals surface area (Å²) >= 11 is 0. The van der Waals surface area contributed by atoms with E-state index < -0.39 is 8.38 Å². The van der Waals surface area contributed by atoms with Crippen LogP contribution in [0.2, 0.25) is 0 Å². The van der Waals surface area contributed by atoms with Gasteiger partial charge in [-0.25, -0.2) is 0 Å². The van der Waals surface area contributed by atoms with Crippen molar-refractivity contribution >= 4 is 13.7 Å². The predicted octanol–water partition coefficient (Wildman–Crippen LogP) is 2.65. The first-order valence-electron chi connectivity index (χ1n) is 5.25. The summed E-state index contributed by atoms with van der Waals surface area (Å²) in [4.78, 5) is 9.78. The first kappa shape index (κ1) is 13.1. The molecule has 0 saturated heterocycles. The molecule has 3 nitrogen and oxygen atoms in total. The molecule has 0 radical (unpaired) electrons. The molecule has 0 heterocycles. The lowest BCUT2D eigenvalue weighted by atomic mass is 10.0. The van der Waals surface area contributed by atoms with Crippen molar-refractivity contribution in [2.24, 2.45) is 0 Å². The summed E-state index contributed by atoms with van der Waals surface area (Å²) in [6.07, 6.45) is 0. The first-order valence-corrected chi connectivity index (χ1v) is 6.46. The number of rotatable bonds is 4. The number of hydrogen-bond donors (Lipinski definition) is 1. The Labute approximate surface area is 97.6 Å². The summed E-state index contributed by atoms with van der Waals surface area (Å²) in [5.41, 5.74) is 1.62. The molecule has 4 heteroatoms. The molecule has 0 fully saturated rings. The van der Waals surface area contributed by atoms with Gasteiger partial charge >= 0.3 is 0 Å². The van der Waals surface area contributed by atoms with Gasteiger partial charge in [0, 0.05) is 5.30 Å². The number of nitrogens with zero attached hydrogens (tertiary/aromatic N) is 1. The molecule has 0 spiro atoms. The molecular weight excluding hydrogens is 221 g/mol. The molecule has 1 rings (SSSR count). The third kappa shape index (κ3) is 3.28. The minimum atomic E-state index is -1.59. The van der Waals surface area contributed by atoms with Crippen molar-refractivity contribution in [2.45, 2.75) is 26.7 Å². The van der Waals surface area contributed by atoms with Crippen LogP contribution in [0.3, 0.4) is 0 Å². The van der Waals surface area contributed by atoms with E-state index in [2.05, 4.69) is 19.9 Å². The van der Waals surface area contributed by atoms with E-state index in [-0.39, 0.29) is 0 Å². The summed E-state index contributed by atoms with van der Waals surface area (Å²) in [5.74, 6) is 0.331. The molecule has 0 aromatic heterocycles.